The third-order valence-electron chi connectivity index (χ3n) is 8.01. The van der Waals surface area contributed by atoms with Crippen molar-refractivity contribution in [3.8, 4) is 17.2 Å². The summed E-state index contributed by atoms with van der Waals surface area (Å²) in [5.41, 5.74) is 1.78. The number of phenolic OH excluding ortho intramolecular Hbond substituents is 2. The average molecular weight is 622 g/mol. The summed E-state index contributed by atoms with van der Waals surface area (Å²) in [5.74, 6) is -3.86. The van der Waals surface area contributed by atoms with Gasteiger partial charge >= 0.3 is 12.1 Å². The molecule has 12 heteroatoms. The number of hydrogen-bond donors (Lipinski definition) is 3. The van der Waals surface area contributed by atoms with E-state index in [1.165, 1.54) is 0 Å². The Labute approximate surface area is 244 Å². The van der Waals surface area contributed by atoms with E-state index in [0.29, 0.717) is 25.2 Å². The molecule has 236 valence electrons. The molecule has 0 saturated heterocycles. The molecule has 0 amide bonds. The van der Waals surface area contributed by atoms with Gasteiger partial charge in [-0.15, -0.1) is 0 Å². The third-order valence-corrected chi connectivity index (χ3v) is 9.48. The van der Waals surface area contributed by atoms with Crippen LogP contribution in [0.25, 0.3) is 0 Å². The molecule has 1 aliphatic heterocycles. The number of nitrogens with one attached hydrogen (secondary N) is 1. The predicted octanol–water partition coefficient (Wildman–Crippen LogP) is 7.55. The second-order valence-corrected chi connectivity index (χ2v) is 13.2. The van der Waals surface area contributed by atoms with Crippen LogP contribution in [-0.4, -0.2) is 49.6 Å². The summed E-state index contributed by atoms with van der Waals surface area (Å²) >= 11 is 0. The lowest BCUT2D eigenvalue weighted by atomic mass is 9.66. The molecule has 0 aliphatic carbocycles. The molecule has 0 aromatic heterocycles. The van der Waals surface area contributed by atoms with Gasteiger partial charge in [0.2, 0.25) is 10.0 Å². The summed E-state index contributed by atoms with van der Waals surface area (Å²) in [7, 11) is -3.73. The smallest absolute Gasteiger partial charge is 0.453 e. The van der Waals surface area contributed by atoms with Crippen LogP contribution in [-0.2, 0) is 15.4 Å². The molecule has 1 aliphatic rings. The maximum absolute atomic E-state index is 12.9. The van der Waals surface area contributed by atoms with Crippen LogP contribution >= 0.6 is 0 Å². The van der Waals surface area contributed by atoms with Gasteiger partial charge in [-0.2, -0.15) is 22.0 Å². The lowest BCUT2D eigenvalue weighted by Gasteiger charge is -2.43. The summed E-state index contributed by atoms with van der Waals surface area (Å²) in [6, 6.07) is 12.4. The van der Waals surface area contributed by atoms with Crippen molar-refractivity contribution < 1.29 is 45.3 Å². The number of fused-ring (bicyclic) bond motifs is 1. The molecule has 0 saturated carbocycles. The fourth-order valence-electron chi connectivity index (χ4n) is 5.48. The Morgan fingerprint density at radius 2 is 1.48 bits per heavy atom. The van der Waals surface area contributed by atoms with Crippen molar-refractivity contribution in [2.75, 3.05) is 18.9 Å². The Morgan fingerprint density at radius 3 is 2.12 bits per heavy atom. The molecule has 2 atom stereocenters. The quantitative estimate of drug-likeness (QED) is 0.133. The number of phenols is 2. The average Bonchev–Trinajstić information content (AvgIpc) is 2.91. The number of rotatable bonds is 16. The van der Waals surface area contributed by atoms with Crippen LogP contribution in [0, 0.1) is 0 Å². The van der Waals surface area contributed by atoms with E-state index in [4.69, 9.17) is 4.74 Å². The van der Waals surface area contributed by atoms with E-state index in [-0.39, 0.29) is 28.6 Å². The zero-order chi connectivity index (χ0) is 31.0. The van der Waals surface area contributed by atoms with Crippen molar-refractivity contribution in [3.63, 3.8) is 0 Å². The van der Waals surface area contributed by atoms with Crippen molar-refractivity contribution in [3.05, 3.63) is 53.6 Å². The minimum absolute atomic E-state index is 0.142. The van der Waals surface area contributed by atoms with Gasteiger partial charge in [0.1, 0.15) is 17.2 Å². The van der Waals surface area contributed by atoms with Crippen molar-refractivity contribution in [2.24, 2.45) is 0 Å². The van der Waals surface area contributed by atoms with Gasteiger partial charge in [-0.05, 0) is 48.6 Å². The van der Waals surface area contributed by atoms with Gasteiger partial charge in [-0.3, -0.25) is 0 Å². The van der Waals surface area contributed by atoms with Gasteiger partial charge in [0.25, 0.3) is 0 Å². The number of halogens is 5. The summed E-state index contributed by atoms with van der Waals surface area (Å²) in [6.45, 7) is 2.13. The van der Waals surface area contributed by atoms with Crippen LogP contribution in [0.5, 0.6) is 17.2 Å². The highest BCUT2D eigenvalue weighted by Gasteiger charge is 2.56. The van der Waals surface area contributed by atoms with Gasteiger partial charge in [0, 0.05) is 30.4 Å². The molecular formula is C30H40F5NO5S. The number of alkyl halides is 5. The zero-order valence-corrected chi connectivity index (χ0v) is 24.5. The normalized spacial score (nSPS) is 19.3. The first-order valence-electron chi connectivity index (χ1n) is 14.3. The SMILES string of the molecule is C[C@]1(c2ccc(O)cc2)COc2cc(O)ccc2C1CCCCCCCCCS(=O)(=O)NCCCC(F)(F)C(F)(F)F. The first kappa shape index (κ1) is 33.9. The monoisotopic (exact) mass is 621 g/mol. The van der Waals surface area contributed by atoms with Crippen LogP contribution in [0.3, 0.4) is 0 Å². The molecule has 3 rings (SSSR count). The maximum Gasteiger partial charge on any atom is 0.453 e. The van der Waals surface area contributed by atoms with E-state index < -0.39 is 41.5 Å². The van der Waals surface area contributed by atoms with Gasteiger partial charge < -0.3 is 14.9 Å². The number of ether oxygens (including phenoxy) is 1. The zero-order valence-electron chi connectivity index (χ0n) is 23.7. The van der Waals surface area contributed by atoms with Crippen molar-refractivity contribution in [1.82, 2.24) is 4.72 Å². The number of hydrogen-bond acceptors (Lipinski definition) is 5. The standard InChI is InChI=1S/C30H40F5NO5S/c1-28(22-11-13-23(37)14-12-22)21-41-27-20-24(38)15-16-25(27)26(28)10-7-5-3-2-4-6-8-19-42(39,40)36-18-9-17-29(31,32)30(33,34)35/h11-16,20,26,36-38H,2-10,17-19,21H2,1H3/t26?,28-/m1/s1. The molecular weight excluding hydrogens is 581 g/mol. The Bertz CT molecular complexity index is 1250. The number of benzene rings is 2. The molecule has 2 aromatic carbocycles. The Balaban J connectivity index is 1.38. The Kier molecular flexibility index (Phi) is 11.5. The van der Waals surface area contributed by atoms with E-state index in [2.05, 4.69) is 11.6 Å². The molecule has 42 heavy (non-hydrogen) atoms. The van der Waals surface area contributed by atoms with Gasteiger partial charge in [-0.25, -0.2) is 13.1 Å². The minimum Gasteiger partial charge on any atom is -0.508 e. The topological polar surface area (TPSA) is 95.9 Å². The van der Waals surface area contributed by atoms with E-state index in [0.717, 1.165) is 49.7 Å². The fourth-order valence-corrected chi connectivity index (χ4v) is 6.67. The minimum atomic E-state index is -5.64. The van der Waals surface area contributed by atoms with Gasteiger partial charge in [0.05, 0.1) is 12.4 Å². The largest absolute Gasteiger partial charge is 0.508 e. The maximum atomic E-state index is 12.9. The Morgan fingerprint density at radius 1 is 0.881 bits per heavy atom. The number of aromatic hydroxyl groups is 2. The first-order valence-corrected chi connectivity index (χ1v) is 16.0. The van der Waals surface area contributed by atoms with Crippen molar-refractivity contribution in [1.29, 1.82) is 0 Å². The van der Waals surface area contributed by atoms with E-state index in [9.17, 15) is 40.6 Å². The highest BCUT2D eigenvalue weighted by atomic mass is 32.2. The van der Waals surface area contributed by atoms with E-state index in [1.54, 1.807) is 24.3 Å². The van der Waals surface area contributed by atoms with E-state index in [1.807, 2.05) is 18.2 Å². The van der Waals surface area contributed by atoms with Crippen LogP contribution < -0.4 is 9.46 Å². The first-order chi connectivity index (χ1) is 19.6. The van der Waals surface area contributed by atoms with Crippen molar-refractivity contribution in [2.45, 2.75) is 94.6 Å². The predicted molar refractivity (Wildman–Crippen MR) is 151 cm³/mol. The molecule has 1 unspecified atom stereocenters. The van der Waals surface area contributed by atoms with Gasteiger partial charge in [0.15, 0.2) is 0 Å². The lowest BCUT2D eigenvalue weighted by Crippen LogP contribution is -2.40. The lowest BCUT2D eigenvalue weighted by molar-refractivity contribution is -0.284. The highest BCUT2D eigenvalue weighted by Crippen LogP contribution is 2.49. The molecule has 0 radical (unpaired) electrons. The van der Waals surface area contributed by atoms with Crippen LogP contribution in [0.1, 0.15) is 88.2 Å². The van der Waals surface area contributed by atoms with Crippen LogP contribution in [0.2, 0.25) is 0 Å². The summed E-state index contributed by atoms with van der Waals surface area (Å²) in [4.78, 5) is 0. The highest BCUT2D eigenvalue weighted by molar-refractivity contribution is 7.89. The van der Waals surface area contributed by atoms with E-state index >= 15 is 0 Å². The molecule has 3 N–H and O–H groups in total. The third kappa shape index (κ3) is 9.20. The summed E-state index contributed by atoms with van der Waals surface area (Å²) in [5, 5.41) is 19.7. The molecule has 0 fully saturated rings. The molecule has 6 nitrogen and oxygen atoms in total. The van der Waals surface area contributed by atoms with Crippen LogP contribution in [0.15, 0.2) is 42.5 Å². The molecule has 1 heterocycles. The second-order valence-electron chi connectivity index (χ2n) is 11.3. The van der Waals surface area contributed by atoms with Gasteiger partial charge in [-0.1, -0.05) is 63.6 Å². The number of sulfonamides is 1. The molecule has 0 spiro atoms. The van der Waals surface area contributed by atoms with Crippen LogP contribution in [0.4, 0.5) is 22.0 Å². The number of unbranched alkanes of at least 4 members (excludes halogenated alkanes) is 6. The second kappa shape index (κ2) is 14.2. The Hall–Kier alpha value is -2.60. The fraction of sp³-hybridized carbons (Fsp3) is 0.600. The molecule has 2 aromatic rings. The van der Waals surface area contributed by atoms with Crippen molar-refractivity contribution >= 4 is 10.0 Å². The molecule has 0 bridgehead atoms. The summed E-state index contributed by atoms with van der Waals surface area (Å²) < 4.78 is 94.5. The summed E-state index contributed by atoms with van der Waals surface area (Å²) in [6.07, 6.45) is -1.08.